The van der Waals surface area contributed by atoms with E-state index in [1.807, 2.05) is 27.7 Å². The van der Waals surface area contributed by atoms with Crippen molar-refractivity contribution in [3.05, 3.63) is 11.7 Å². The molecular formula is C14H25BN2O2. The van der Waals surface area contributed by atoms with E-state index in [0.29, 0.717) is 0 Å². The van der Waals surface area contributed by atoms with Crippen molar-refractivity contribution >= 4 is 12.8 Å². The average molecular weight is 264 g/mol. The van der Waals surface area contributed by atoms with Gasteiger partial charge in [-0.2, -0.15) is 0 Å². The van der Waals surface area contributed by atoms with Crippen molar-refractivity contribution in [3.63, 3.8) is 0 Å². The first kappa shape index (κ1) is 14.6. The maximum absolute atomic E-state index is 6.05. The number of aliphatic imine (C=N–C) groups is 1. The Morgan fingerprint density at radius 2 is 1.68 bits per heavy atom. The van der Waals surface area contributed by atoms with Crippen LogP contribution >= 0.6 is 0 Å². The summed E-state index contributed by atoms with van der Waals surface area (Å²) in [6, 6.07) is 0. The molecule has 5 heteroatoms. The lowest BCUT2D eigenvalue weighted by atomic mass is 9.73. The molecule has 0 spiro atoms. The van der Waals surface area contributed by atoms with Gasteiger partial charge in [-0.1, -0.05) is 13.8 Å². The molecule has 0 bridgehead atoms. The molecule has 0 amide bonds. The second-order valence-electron chi connectivity index (χ2n) is 7.31. The van der Waals surface area contributed by atoms with Crippen molar-refractivity contribution in [3.8, 4) is 0 Å². The second kappa shape index (κ2) is 4.35. The molecule has 19 heavy (non-hydrogen) atoms. The van der Waals surface area contributed by atoms with Crippen molar-refractivity contribution in [2.24, 2.45) is 16.1 Å². The number of nitrogens with zero attached hydrogens (tertiary/aromatic N) is 1. The first-order valence-electron chi connectivity index (χ1n) is 6.89. The normalized spacial score (nSPS) is 28.6. The molecule has 1 saturated heterocycles. The molecule has 1 fully saturated rings. The predicted molar refractivity (Wildman–Crippen MR) is 79.1 cm³/mol. The highest BCUT2D eigenvalue weighted by Crippen LogP contribution is 2.40. The third-order valence-electron chi connectivity index (χ3n) is 4.36. The Hall–Kier alpha value is -0.805. The van der Waals surface area contributed by atoms with Crippen LogP contribution in [0.15, 0.2) is 16.7 Å². The van der Waals surface area contributed by atoms with E-state index >= 15 is 0 Å². The van der Waals surface area contributed by atoms with Crippen LogP contribution in [0.25, 0.3) is 0 Å². The van der Waals surface area contributed by atoms with Crippen LogP contribution in [0.3, 0.4) is 0 Å². The molecule has 2 heterocycles. The average Bonchev–Trinajstić information content (AvgIpc) is 2.67. The Morgan fingerprint density at radius 3 is 2.05 bits per heavy atom. The fraction of sp³-hybridized carbons (Fsp3) is 0.786. The molecule has 106 valence electrons. The molecule has 0 aromatic heterocycles. The lowest BCUT2D eigenvalue weighted by Crippen LogP contribution is -2.41. The van der Waals surface area contributed by atoms with E-state index in [1.54, 1.807) is 6.20 Å². The van der Waals surface area contributed by atoms with Crippen LogP contribution in [0.1, 0.15) is 48.0 Å². The summed E-state index contributed by atoms with van der Waals surface area (Å²) in [6.45, 7) is 13.4. The molecule has 0 unspecified atom stereocenters. The van der Waals surface area contributed by atoms with Crippen LogP contribution in [0, 0.1) is 5.41 Å². The van der Waals surface area contributed by atoms with E-state index in [0.717, 1.165) is 24.1 Å². The van der Waals surface area contributed by atoms with Gasteiger partial charge in [0, 0.05) is 17.7 Å². The zero-order chi connectivity index (χ0) is 14.5. The SMILES string of the molecule is CC1(C)CN=C(C(=CN)B2OC(C)(C)C(C)(C)O2)C1. The van der Waals surface area contributed by atoms with Gasteiger partial charge in [0.1, 0.15) is 0 Å². The van der Waals surface area contributed by atoms with Crippen molar-refractivity contribution in [1.82, 2.24) is 0 Å². The predicted octanol–water partition coefficient (Wildman–Crippen LogP) is 2.33. The maximum atomic E-state index is 6.05. The molecule has 0 saturated carbocycles. The van der Waals surface area contributed by atoms with Crippen LogP contribution < -0.4 is 5.73 Å². The van der Waals surface area contributed by atoms with Crippen LogP contribution in [0.2, 0.25) is 0 Å². The standard InChI is InChI=1S/C14H25BN2O2/c1-12(2)7-11(17-9-12)10(8-16)15-18-13(3,4)14(5,6)19-15/h8H,7,9,16H2,1-6H3. The number of nitrogens with two attached hydrogens (primary N) is 1. The largest absolute Gasteiger partial charge is 0.498 e. The Labute approximate surface area is 116 Å². The van der Waals surface area contributed by atoms with Crippen molar-refractivity contribution in [2.45, 2.75) is 59.2 Å². The molecule has 0 radical (unpaired) electrons. The Morgan fingerprint density at radius 1 is 1.16 bits per heavy atom. The Bertz CT molecular complexity index is 423. The van der Waals surface area contributed by atoms with Crippen LogP contribution in [-0.2, 0) is 9.31 Å². The topological polar surface area (TPSA) is 56.8 Å². The highest BCUT2D eigenvalue weighted by Gasteiger charge is 2.53. The van der Waals surface area contributed by atoms with E-state index in [4.69, 9.17) is 15.0 Å². The van der Waals surface area contributed by atoms with Crippen molar-refractivity contribution in [1.29, 1.82) is 0 Å². The van der Waals surface area contributed by atoms with Gasteiger partial charge in [-0.25, -0.2) is 0 Å². The molecular weight excluding hydrogens is 239 g/mol. The molecule has 0 aromatic rings. The molecule has 0 aromatic carbocycles. The number of rotatable bonds is 2. The first-order chi connectivity index (χ1) is 8.58. The van der Waals surface area contributed by atoms with E-state index in [-0.39, 0.29) is 16.6 Å². The number of hydrogen-bond acceptors (Lipinski definition) is 4. The van der Waals surface area contributed by atoms with Gasteiger partial charge in [0.05, 0.1) is 11.2 Å². The number of allylic oxidation sites excluding steroid dienone is 1. The summed E-state index contributed by atoms with van der Waals surface area (Å²) in [5.74, 6) is 0. The van der Waals surface area contributed by atoms with E-state index < -0.39 is 7.12 Å². The molecule has 0 aliphatic carbocycles. The third kappa shape index (κ3) is 2.58. The fourth-order valence-electron chi connectivity index (χ4n) is 2.35. The van der Waals surface area contributed by atoms with Gasteiger partial charge < -0.3 is 15.0 Å². The monoisotopic (exact) mass is 264 g/mol. The fourth-order valence-corrected chi connectivity index (χ4v) is 2.35. The second-order valence-corrected chi connectivity index (χ2v) is 7.31. The Balaban J connectivity index is 2.19. The summed E-state index contributed by atoms with van der Waals surface area (Å²) >= 11 is 0. The van der Waals surface area contributed by atoms with Gasteiger partial charge >= 0.3 is 7.12 Å². The first-order valence-corrected chi connectivity index (χ1v) is 6.89. The van der Waals surface area contributed by atoms with Crippen LogP contribution in [0.5, 0.6) is 0 Å². The summed E-state index contributed by atoms with van der Waals surface area (Å²) in [4.78, 5) is 4.61. The van der Waals surface area contributed by atoms with Gasteiger partial charge in [0.2, 0.25) is 0 Å². The highest BCUT2D eigenvalue weighted by molar-refractivity contribution is 6.62. The quantitative estimate of drug-likeness (QED) is 0.779. The van der Waals surface area contributed by atoms with E-state index in [2.05, 4.69) is 18.8 Å². The summed E-state index contributed by atoms with van der Waals surface area (Å²) in [5, 5.41) is 0. The molecule has 2 aliphatic heterocycles. The molecule has 4 nitrogen and oxygen atoms in total. The van der Waals surface area contributed by atoms with Gasteiger partial charge in [-0.15, -0.1) is 0 Å². The van der Waals surface area contributed by atoms with Crippen molar-refractivity contribution in [2.75, 3.05) is 6.54 Å². The molecule has 0 atom stereocenters. The highest BCUT2D eigenvalue weighted by atomic mass is 16.7. The third-order valence-corrected chi connectivity index (χ3v) is 4.36. The lowest BCUT2D eigenvalue weighted by Gasteiger charge is -2.32. The molecule has 2 aliphatic rings. The maximum Gasteiger partial charge on any atom is 0.498 e. The summed E-state index contributed by atoms with van der Waals surface area (Å²) in [7, 11) is -0.414. The van der Waals surface area contributed by atoms with Gasteiger partial charge in [-0.3, -0.25) is 4.99 Å². The molecule has 2 rings (SSSR count). The number of hydrogen-bond donors (Lipinski definition) is 1. The minimum Gasteiger partial charge on any atom is -0.405 e. The van der Waals surface area contributed by atoms with Gasteiger partial charge in [0.15, 0.2) is 0 Å². The summed E-state index contributed by atoms with van der Waals surface area (Å²) in [5.41, 5.74) is 7.20. The zero-order valence-electron chi connectivity index (χ0n) is 12.9. The summed E-state index contributed by atoms with van der Waals surface area (Å²) in [6.07, 6.45) is 2.50. The van der Waals surface area contributed by atoms with Crippen molar-refractivity contribution < 1.29 is 9.31 Å². The summed E-state index contributed by atoms with van der Waals surface area (Å²) < 4.78 is 12.1. The smallest absolute Gasteiger partial charge is 0.405 e. The van der Waals surface area contributed by atoms with Gasteiger partial charge in [-0.05, 0) is 45.7 Å². The molecule has 2 N–H and O–H groups in total. The zero-order valence-corrected chi connectivity index (χ0v) is 12.9. The van der Waals surface area contributed by atoms with Crippen LogP contribution in [0.4, 0.5) is 0 Å². The van der Waals surface area contributed by atoms with Gasteiger partial charge in [0.25, 0.3) is 0 Å². The minimum absolute atomic E-state index is 0.202. The Kier molecular flexibility index (Phi) is 3.34. The lowest BCUT2D eigenvalue weighted by molar-refractivity contribution is 0.00578. The van der Waals surface area contributed by atoms with E-state index in [9.17, 15) is 0 Å². The van der Waals surface area contributed by atoms with E-state index in [1.165, 1.54) is 0 Å². The van der Waals surface area contributed by atoms with Crippen LogP contribution in [-0.4, -0.2) is 30.6 Å². The minimum atomic E-state index is -0.414.